The summed E-state index contributed by atoms with van der Waals surface area (Å²) in [4.78, 5) is 11.7. The van der Waals surface area contributed by atoms with Crippen LogP contribution in [0.5, 0.6) is 0 Å². The van der Waals surface area contributed by atoms with Gasteiger partial charge in [-0.1, -0.05) is 38.1 Å². The van der Waals surface area contributed by atoms with Gasteiger partial charge in [-0.05, 0) is 23.1 Å². The van der Waals surface area contributed by atoms with E-state index >= 15 is 0 Å². The lowest BCUT2D eigenvalue weighted by Gasteiger charge is -2.19. The number of hydrogen-bond donors (Lipinski definition) is 1. The molecule has 0 saturated carbocycles. The van der Waals surface area contributed by atoms with Crippen LogP contribution in [-0.2, 0) is 5.41 Å². The number of nitrogens with zero attached hydrogens (tertiary/aromatic N) is 1. The summed E-state index contributed by atoms with van der Waals surface area (Å²) in [5.74, 6) is -0.0918. The zero-order chi connectivity index (χ0) is 13.2. The predicted octanol–water partition coefficient (Wildman–Crippen LogP) is 3.22. The highest BCUT2D eigenvalue weighted by Crippen LogP contribution is 2.23. The molecule has 0 aliphatic rings. The van der Waals surface area contributed by atoms with Gasteiger partial charge in [0.2, 0.25) is 5.76 Å². The van der Waals surface area contributed by atoms with E-state index in [9.17, 15) is 4.79 Å². The first-order chi connectivity index (χ1) is 8.47. The first kappa shape index (κ1) is 12.4. The van der Waals surface area contributed by atoms with Crippen LogP contribution in [0, 0.1) is 0 Å². The fourth-order valence-corrected chi connectivity index (χ4v) is 1.58. The van der Waals surface area contributed by atoms with Gasteiger partial charge in [-0.15, -0.1) is 0 Å². The molecule has 0 radical (unpaired) electrons. The Kier molecular flexibility index (Phi) is 3.19. The van der Waals surface area contributed by atoms with Crippen molar-refractivity contribution in [2.45, 2.75) is 26.2 Å². The summed E-state index contributed by atoms with van der Waals surface area (Å²) >= 11 is 0. The van der Waals surface area contributed by atoms with Crippen LogP contribution in [0.2, 0.25) is 0 Å². The lowest BCUT2D eigenvalue weighted by atomic mass is 9.87. The lowest BCUT2D eigenvalue weighted by Crippen LogP contribution is -2.13. The molecule has 0 spiro atoms. The van der Waals surface area contributed by atoms with Gasteiger partial charge >= 0.3 is 0 Å². The van der Waals surface area contributed by atoms with Gasteiger partial charge < -0.3 is 9.84 Å². The number of rotatable bonds is 2. The van der Waals surface area contributed by atoms with E-state index in [1.807, 2.05) is 24.3 Å². The van der Waals surface area contributed by atoms with Gasteiger partial charge in [0, 0.05) is 11.8 Å². The normalized spacial score (nSPS) is 11.3. The Hall–Kier alpha value is -2.10. The Labute approximate surface area is 106 Å². The Bertz CT molecular complexity index is 522. The van der Waals surface area contributed by atoms with Gasteiger partial charge in [0.15, 0.2) is 0 Å². The zero-order valence-corrected chi connectivity index (χ0v) is 10.7. The molecule has 1 aromatic carbocycles. The van der Waals surface area contributed by atoms with E-state index in [-0.39, 0.29) is 17.1 Å². The summed E-state index contributed by atoms with van der Waals surface area (Å²) in [5, 5.41) is 6.25. The van der Waals surface area contributed by atoms with E-state index in [0.29, 0.717) is 0 Å². The van der Waals surface area contributed by atoms with Gasteiger partial charge in [-0.25, -0.2) is 0 Å². The molecule has 0 fully saturated rings. The average Bonchev–Trinajstić information content (AvgIpc) is 2.82. The third-order valence-corrected chi connectivity index (χ3v) is 2.67. The molecule has 0 aliphatic heterocycles. The minimum Gasteiger partial charge on any atom is -0.351 e. The number of anilines is 1. The van der Waals surface area contributed by atoms with Crippen molar-refractivity contribution in [1.29, 1.82) is 0 Å². The molecule has 0 bridgehead atoms. The number of nitrogens with one attached hydrogen (secondary N) is 1. The van der Waals surface area contributed by atoms with Gasteiger partial charge in [0.05, 0.1) is 6.20 Å². The topological polar surface area (TPSA) is 55.1 Å². The Morgan fingerprint density at radius 2 is 1.83 bits per heavy atom. The van der Waals surface area contributed by atoms with Crippen molar-refractivity contribution in [2.75, 3.05) is 5.32 Å². The molecule has 0 atom stereocenters. The fourth-order valence-electron chi connectivity index (χ4n) is 1.58. The number of aromatic nitrogens is 1. The van der Waals surface area contributed by atoms with Crippen molar-refractivity contribution in [2.24, 2.45) is 0 Å². The highest BCUT2D eigenvalue weighted by Gasteiger charge is 2.14. The molecule has 0 aliphatic carbocycles. The molecule has 18 heavy (non-hydrogen) atoms. The summed E-state index contributed by atoms with van der Waals surface area (Å²) in [6.45, 7) is 6.44. The van der Waals surface area contributed by atoms with Gasteiger partial charge in [-0.3, -0.25) is 4.79 Å². The summed E-state index contributed by atoms with van der Waals surface area (Å²) in [5.41, 5.74) is 2.07. The maximum absolute atomic E-state index is 11.7. The molecular formula is C14H16N2O2. The number of carbonyl (C=O) groups is 1. The van der Waals surface area contributed by atoms with Crippen LogP contribution in [0.4, 0.5) is 5.69 Å². The molecule has 94 valence electrons. The van der Waals surface area contributed by atoms with Crippen LogP contribution < -0.4 is 5.32 Å². The van der Waals surface area contributed by atoms with Gasteiger partial charge in [-0.2, -0.15) is 0 Å². The van der Waals surface area contributed by atoms with Crippen molar-refractivity contribution in [3.05, 3.63) is 47.9 Å². The molecule has 1 aromatic heterocycles. The summed E-state index contributed by atoms with van der Waals surface area (Å²) in [6.07, 6.45) is 1.44. The van der Waals surface area contributed by atoms with Crippen LogP contribution in [0.25, 0.3) is 0 Å². The molecule has 2 rings (SSSR count). The van der Waals surface area contributed by atoms with E-state index in [2.05, 4.69) is 31.2 Å². The first-order valence-electron chi connectivity index (χ1n) is 5.79. The SMILES string of the molecule is CC(C)(C)c1ccc(NC(=O)c2ccno2)cc1. The summed E-state index contributed by atoms with van der Waals surface area (Å²) in [7, 11) is 0. The number of hydrogen-bond acceptors (Lipinski definition) is 3. The second-order valence-corrected chi connectivity index (χ2v) is 5.16. The molecule has 1 amide bonds. The van der Waals surface area contributed by atoms with Crippen molar-refractivity contribution in [3.8, 4) is 0 Å². The molecule has 0 unspecified atom stereocenters. The second-order valence-electron chi connectivity index (χ2n) is 5.16. The van der Waals surface area contributed by atoms with Gasteiger partial charge in [0.25, 0.3) is 5.91 Å². The van der Waals surface area contributed by atoms with E-state index in [0.717, 1.165) is 5.69 Å². The molecule has 4 heteroatoms. The van der Waals surface area contributed by atoms with E-state index in [4.69, 9.17) is 4.52 Å². The summed E-state index contributed by atoms with van der Waals surface area (Å²) < 4.78 is 4.78. The van der Waals surface area contributed by atoms with E-state index in [1.165, 1.54) is 17.8 Å². The number of amides is 1. The fraction of sp³-hybridized carbons (Fsp3) is 0.286. The van der Waals surface area contributed by atoms with Crippen LogP contribution in [0.15, 0.2) is 41.1 Å². The van der Waals surface area contributed by atoms with Crippen LogP contribution in [0.3, 0.4) is 0 Å². The average molecular weight is 244 g/mol. The minimum atomic E-state index is -0.295. The maximum atomic E-state index is 11.7. The zero-order valence-electron chi connectivity index (χ0n) is 10.7. The Balaban J connectivity index is 2.09. The van der Waals surface area contributed by atoms with Crippen LogP contribution in [0.1, 0.15) is 36.9 Å². The highest BCUT2D eigenvalue weighted by molar-refractivity contribution is 6.02. The van der Waals surface area contributed by atoms with E-state index in [1.54, 1.807) is 0 Å². The largest absolute Gasteiger partial charge is 0.351 e. The first-order valence-corrected chi connectivity index (χ1v) is 5.79. The third-order valence-electron chi connectivity index (χ3n) is 2.67. The number of carbonyl (C=O) groups excluding carboxylic acids is 1. The summed E-state index contributed by atoms with van der Waals surface area (Å²) in [6, 6.07) is 9.31. The maximum Gasteiger partial charge on any atom is 0.294 e. The Morgan fingerprint density at radius 3 is 2.33 bits per heavy atom. The molecule has 1 heterocycles. The molecule has 0 saturated heterocycles. The van der Waals surface area contributed by atoms with Crippen molar-refractivity contribution in [1.82, 2.24) is 5.16 Å². The third kappa shape index (κ3) is 2.77. The van der Waals surface area contributed by atoms with E-state index < -0.39 is 0 Å². The van der Waals surface area contributed by atoms with Gasteiger partial charge in [0.1, 0.15) is 0 Å². The standard InChI is InChI=1S/C14H16N2O2/c1-14(2,3)10-4-6-11(7-5-10)16-13(17)12-8-9-15-18-12/h4-9H,1-3H3,(H,16,17). The molecular weight excluding hydrogens is 228 g/mol. The minimum absolute atomic E-state index is 0.105. The van der Waals surface area contributed by atoms with Crippen molar-refractivity contribution >= 4 is 11.6 Å². The smallest absolute Gasteiger partial charge is 0.294 e. The molecule has 1 N–H and O–H groups in total. The van der Waals surface area contributed by atoms with Crippen molar-refractivity contribution < 1.29 is 9.32 Å². The Morgan fingerprint density at radius 1 is 1.17 bits per heavy atom. The lowest BCUT2D eigenvalue weighted by molar-refractivity contribution is 0.0988. The molecule has 2 aromatic rings. The highest BCUT2D eigenvalue weighted by atomic mass is 16.5. The monoisotopic (exact) mass is 244 g/mol. The second kappa shape index (κ2) is 4.64. The molecule has 4 nitrogen and oxygen atoms in total. The van der Waals surface area contributed by atoms with Crippen LogP contribution in [-0.4, -0.2) is 11.1 Å². The number of benzene rings is 1. The predicted molar refractivity (Wildman–Crippen MR) is 69.6 cm³/mol. The van der Waals surface area contributed by atoms with Crippen molar-refractivity contribution in [3.63, 3.8) is 0 Å². The van der Waals surface area contributed by atoms with Crippen LogP contribution >= 0.6 is 0 Å². The quantitative estimate of drug-likeness (QED) is 0.882.